The normalized spacial score (nSPS) is 20.3. The average molecular weight is 396 g/mol. The van der Waals surface area contributed by atoms with Gasteiger partial charge in [0.15, 0.2) is 6.19 Å². The van der Waals surface area contributed by atoms with Crippen LogP contribution in [0.3, 0.4) is 0 Å². The molecule has 0 aliphatic carbocycles. The van der Waals surface area contributed by atoms with E-state index in [0.717, 1.165) is 4.90 Å². The van der Waals surface area contributed by atoms with Gasteiger partial charge in [0.1, 0.15) is 23.5 Å². The van der Waals surface area contributed by atoms with Gasteiger partial charge in [-0.25, -0.2) is 9.89 Å². The van der Waals surface area contributed by atoms with E-state index in [4.69, 9.17) is 22.1 Å². The van der Waals surface area contributed by atoms with Crippen molar-refractivity contribution in [3.63, 3.8) is 0 Å². The summed E-state index contributed by atoms with van der Waals surface area (Å²) in [5.74, 6) is 0.391. The number of guanidine groups is 1. The maximum Gasteiger partial charge on any atom is 0.210 e. The van der Waals surface area contributed by atoms with Crippen LogP contribution in [0.1, 0.15) is 31.0 Å². The monoisotopic (exact) mass is 395 g/mol. The van der Waals surface area contributed by atoms with Crippen LogP contribution in [0.2, 0.25) is 5.02 Å². The molecule has 2 aromatic rings. The largest absolute Gasteiger partial charge is 0.485 e. The van der Waals surface area contributed by atoms with Crippen molar-refractivity contribution < 1.29 is 9.84 Å². The van der Waals surface area contributed by atoms with Gasteiger partial charge in [-0.15, -0.1) is 0 Å². The van der Waals surface area contributed by atoms with Crippen LogP contribution in [-0.2, 0) is 0 Å². The molecule has 1 aliphatic heterocycles. The molecule has 3 rings (SSSR count). The number of fused-ring (bicyclic) bond motifs is 1. The van der Waals surface area contributed by atoms with Gasteiger partial charge in [-0.3, -0.25) is 0 Å². The van der Waals surface area contributed by atoms with Crippen LogP contribution < -0.4 is 15.4 Å². The molecule has 8 heteroatoms. The van der Waals surface area contributed by atoms with Crippen LogP contribution in [0, 0.1) is 22.8 Å². The number of rotatable bonds is 2. The van der Waals surface area contributed by atoms with Gasteiger partial charge in [0.2, 0.25) is 5.96 Å². The van der Waals surface area contributed by atoms with Crippen LogP contribution in [0.25, 0.3) is 0 Å². The zero-order valence-electron chi connectivity index (χ0n) is 15.3. The molecule has 0 saturated carbocycles. The zero-order chi connectivity index (χ0) is 20.5. The average Bonchev–Trinajstić information content (AvgIpc) is 2.65. The van der Waals surface area contributed by atoms with Crippen molar-refractivity contribution in [2.24, 2.45) is 10.7 Å². The SMILES string of the molecule is CC1(C)Oc2ccc(C#N)cc2[C@@H](N=C(N)N(C#N)c2cccc(Cl)c2)[C@@H]1O. The molecule has 0 radical (unpaired) electrons. The molecule has 142 valence electrons. The summed E-state index contributed by atoms with van der Waals surface area (Å²) < 4.78 is 5.86. The lowest BCUT2D eigenvalue weighted by molar-refractivity contribution is -0.0567. The molecule has 0 spiro atoms. The molecule has 0 unspecified atom stereocenters. The molecule has 28 heavy (non-hydrogen) atoms. The molecule has 0 amide bonds. The Hall–Kier alpha value is -3.26. The number of nitriles is 2. The fraction of sp³-hybridized carbons (Fsp3) is 0.250. The summed E-state index contributed by atoms with van der Waals surface area (Å²) in [4.78, 5) is 5.54. The maximum absolute atomic E-state index is 10.8. The Morgan fingerprint density at radius 1 is 1.29 bits per heavy atom. The molecule has 1 aliphatic rings. The van der Waals surface area contributed by atoms with Gasteiger partial charge in [-0.2, -0.15) is 10.5 Å². The number of nitrogens with zero attached hydrogens (tertiary/aromatic N) is 4. The van der Waals surface area contributed by atoms with Crippen molar-refractivity contribution in [3.8, 4) is 18.0 Å². The number of hydrogen-bond acceptors (Lipinski definition) is 5. The topological polar surface area (TPSA) is 119 Å². The zero-order valence-corrected chi connectivity index (χ0v) is 16.1. The highest BCUT2D eigenvalue weighted by molar-refractivity contribution is 6.31. The number of ether oxygens (including phenoxy) is 1. The first kappa shape index (κ1) is 19.5. The van der Waals surface area contributed by atoms with E-state index >= 15 is 0 Å². The second kappa shape index (κ2) is 7.40. The molecule has 0 saturated heterocycles. The minimum atomic E-state index is -1.05. The predicted molar refractivity (Wildman–Crippen MR) is 106 cm³/mol. The van der Waals surface area contributed by atoms with Crippen LogP contribution in [-0.4, -0.2) is 22.8 Å². The summed E-state index contributed by atoms with van der Waals surface area (Å²) in [5, 5.41) is 30.0. The van der Waals surface area contributed by atoms with Gasteiger partial charge in [0.25, 0.3) is 0 Å². The summed E-state index contributed by atoms with van der Waals surface area (Å²) in [6.07, 6.45) is 0.922. The molecule has 1 heterocycles. The molecule has 0 fully saturated rings. The lowest BCUT2D eigenvalue weighted by Crippen LogP contribution is -2.49. The third-order valence-corrected chi connectivity index (χ3v) is 4.74. The van der Waals surface area contributed by atoms with Gasteiger partial charge < -0.3 is 15.6 Å². The van der Waals surface area contributed by atoms with E-state index in [9.17, 15) is 15.6 Å². The first-order valence-electron chi connectivity index (χ1n) is 8.46. The Labute approximate surface area is 167 Å². The fourth-order valence-corrected chi connectivity index (χ4v) is 3.22. The first-order chi connectivity index (χ1) is 13.3. The molecular formula is C20H18ClN5O2. The van der Waals surface area contributed by atoms with Crippen molar-refractivity contribution in [2.75, 3.05) is 4.90 Å². The summed E-state index contributed by atoms with van der Waals surface area (Å²) >= 11 is 6.00. The van der Waals surface area contributed by atoms with Crippen LogP contribution in [0.5, 0.6) is 5.75 Å². The van der Waals surface area contributed by atoms with E-state index in [1.54, 1.807) is 56.3 Å². The van der Waals surface area contributed by atoms with Gasteiger partial charge in [-0.1, -0.05) is 17.7 Å². The van der Waals surface area contributed by atoms with E-state index in [2.05, 4.69) is 11.1 Å². The fourth-order valence-electron chi connectivity index (χ4n) is 3.03. The standard InChI is InChI=1S/C20H18ClN5O2/c1-20(2)18(27)17(15-8-12(10-22)6-7-16(15)28-20)25-19(24)26(11-23)14-5-3-4-13(21)9-14/h3-9,17-18,27H,1-2H3,(H2,24,25)/t17-,18+/m1/s1. The van der Waals surface area contributed by atoms with Crippen molar-refractivity contribution in [2.45, 2.75) is 31.6 Å². The minimum Gasteiger partial charge on any atom is -0.485 e. The van der Waals surface area contributed by atoms with Gasteiger partial charge in [0.05, 0.1) is 17.3 Å². The van der Waals surface area contributed by atoms with Crippen molar-refractivity contribution in [1.29, 1.82) is 10.5 Å². The highest BCUT2D eigenvalue weighted by Gasteiger charge is 2.43. The quantitative estimate of drug-likeness (QED) is 0.349. The number of nitrogens with two attached hydrogens (primary N) is 1. The summed E-state index contributed by atoms with van der Waals surface area (Å²) in [7, 11) is 0. The Morgan fingerprint density at radius 2 is 2.04 bits per heavy atom. The Bertz CT molecular complexity index is 1020. The number of aliphatic hydroxyl groups is 1. The molecular weight excluding hydrogens is 378 g/mol. The number of benzene rings is 2. The Morgan fingerprint density at radius 3 is 2.68 bits per heavy atom. The van der Waals surface area contributed by atoms with Crippen molar-refractivity contribution in [3.05, 3.63) is 58.6 Å². The van der Waals surface area contributed by atoms with Crippen LogP contribution in [0.4, 0.5) is 5.69 Å². The molecule has 2 aromatic carbocycles. The minimum absolute atomic E-state index is 0.111. The lowest BCUT2D eigenvalue weighted by atomic mass is 9.86. The maximum atomic E-state index is 10.8. The van der Waals surface area contributed by atoms with Gasteiger partial charge in [0, 0.05) is 10.6 Å². The Kier molecular flexibility index (Phi) is 5.15. The number of aliphatic hydroxyl groups excluding tert-OH is 1. The van der Waals surface area contributed by atoms with E-state index in [0.29, 0.717) is 27.6 Å². The van der Waals surface area contributed by atoms with E-state index in [1.165, 1.54) is 0 Å². The van der Waals surface area contributed by atoms with Crippen molar-refractivity contribution >= 4 is 23.2 Å². The van der Waals surface area contributed by atoms with Gasteiger partial charge in [-0.05, 0) is 50.2 Å². The van der Waals surface area contributed by atoms with E-state index < -0.39 is 17.7 Å². The second-order valence-corrected chi connectivity index (χ2v) is 7.30. The highest BCUT2D eigenvalue weighted by Crippen LogP contribution is 2.42. The smallest absolute Gasteiger partial charge is 0.210 e. The highest BCUT2D eigenvalue weighted by atomic mass is 35.5. The van der Waals surface area contributed by atoms with E-state index in [1.807, 2.05) is 6.19 Å². The molecule has 0 bridgehead atoms. The number of halogens is 1. The summed E-state index contributed by atoms with van der Waals surface area (Å²) in [6.45, 7) is 3.47. The number of anilines is 1. The molecule has 7 nitrogen and oxygen atoms in total. The second-order valence-electron chi connectivity index (χ2n) is 6.86. The van der Waals surface area contributed by atoms with Crippen LogP contribution in [0.15, 0.2) is 47.5 Å². The predicted octanol–water partition coefficient (Wildman–Crippen LogP) is 3.09. The third-order valence-electron chi connectivity index (χ3n) is 4.51. The van der Waals surface area contributed by atoms with E-state index in [-0.39, 0.29) is 5.96 Å². The number of hydrogen-bond donors (Lipinski definition) is 2. The Balaban J connectivity index is 2.08. The van der Waals surface area contributed by atoms with Crippen molar-refractivity contribution in [1.82, 2.24) is 0 Å². The van der Waals surface area contributed by atoms with Gasteiger partial charge >= 0.3 is 0 Å². The summed E-state index contributed by atoms with van der Waals surface area (Å²) in [5.41, 5.74) is 6.55. The number of aliphatic imine (C=N–C) groups is 1. The lowest BCUT2D eigenvalue weighted by Gasteiger charge is -2.40. The molecule has 0 aromatic heterocycles. The molecule has 3 N–H and O–H groups in total. The molecule has 2 atom stereocenters. The summed E-state index contributed by atoms with van der Waals surface area (Å²) in [6, 6.07) is 12.8. The van der Waals surface area contributed by atoms with Crippen LogP contribution >= 0.6 is 11.6 Å². The first-order valence-corrected chi connectivity index (χ1v) is 8.84. The third kappa shape index (κ3) is 3.59.